The Hall–Kier alpha value is -0.120. The second-order valence-corrected chi connectivity index (χ2v) is 8.21. The summed E-state index contributed by atoms with van der Waals surface area (Å²) in [5.74, 6) is 0.643. The minimum absolute atomic E-state index is 0.0219. The van der Waals surface area contributed by atoms with Gasteiger partial charge in [-0.3, -0.25) is 4.90 Å². The van der Waals surface area contributed by atoms with Gasteiger partial charge < -0.3 is 10.5 Å². The SMILES string of the molecule is CC1CN(CC2CC(C)(C)CCC2N)CC(C)(C)O1. The summed E-state index contributed by atoms with van der Waals surface area (Å²) < 4.78 is 5.99. The molecule has 1 saturated heterocycles. The number of nitrogens with two attached hydrogens (primary N) is 1. The van der Waals surface area contributed by atoms with Gasteiger partial charge in [0.05, 0.1) is 11.7 Å². The van der Waals surface area contributed by atoms with E-state index < -0.39 is 0 Å². The summed E-state index contributed by atoms with van der Waals surface area (Å²) in [6.45, 7) is 14.6. The Morgan fingerprint density at radius 3 is 2.58 bits per heavy atom. The van der Waals surface area contributed by atoms with Gasteiger partial charge in [-0.15, -0.1) is 0 Å². The van der Waals surface area contributed by atoms with Gasteiger partial charge in [-0.1, -0.05) is 13.8 Å². The average molecular weight is 268 g/mol. The lowest BCUT2D eigenvalue weighted by atomic mass is 9.70. The molecule has 0 bridgehead atoms. The van der Waals surface area contributed by atoms with Gasteiger partial charge in [0.25, 0.3) is 0 Å². The van der Waals surface area contributed by atoms with Crippen LogP contribution in [0.4, 0.5) is 0 Å². The van der Waals surface area contributed by atoms with Crippen molar-refractivity contribution in [1.29, 1.82) is 0 Å². The lowest BCUT2D eigenvalue weighted by molar-refractivity contribution is -0.132. The van der Waals surface area contributed by atoms with Crippen LogP contribution < -0.4 is 5.73 Å². The summed E-state index contributed by atoms with van der Waals surface area (Å²) in [5.41, 5.74) is 6.81. The number of ether oxygens (including phenoxy) is 1. The van der Waals surface area contributed by atoms with Crippen LogP contribution in [0.2, 0.25) is 0 Å². The standard InChI is InChI=1S/C16H32N2O/c1-12-9-18(11-16(4,5)19-12)10-13-8-15(2,3)7-6-14(13)17/h12-14H,6-11,17H2,1-5H3. The van der Waals surface area contributed by atoms with Crippen LogP contribution in [-0.4, -0.2) is 42.3 Å². The van der Waals surface area contributed by atoms with Crippen LogP contribution in [0.5, 0.6) is 0 Å². The van der Waals surface area contributed by atoms with Gasteiger partial charge in [-0.2, -0.15) is 0 Å². The lowest BCUT2D eigenvalue weighted by Gasteiger charge is -2.46. The van der Waals surface area contributed by atoms with Crippen LogP contribution in [0.15, 0.2) is 0 Å². The Morgan fingerprint density at radius 2 is 1.95 bits per heavy atom. The van der Waals surface area contributed by atoms with E-state index in [-0.39, 0.29) is 5.60 Å². The molecule has 1 aliphatic heterocycles. The molecule has 112 valence electrons. The molecule has 1 saturated carbocycles. The van der Waals surface area contributed by atoms with Gasteiger partial charge in [-0.25, -0.2) is 0 Å². The second-order valence-electron chi connectivity index (χ2n) is 8.21. The molecule has 3 atom stereocenters. The molecule has 3 heteroatoms. The zero-order valence-electron chi connectivity index (χ0n) is 13.4. The second kappa shape index (κ2) is 5.34. The number of rotatable bonds is 2. The van der Waals surface area contributed by atoms with Crippen LogP contribution >= 0.6 is 0 Å². The molecule has 0 radical (unpaired) electrons. The van der Waals surface area contributed by atoms with Gasteiger partial charge in [0.1, 0.15) is 0 Å². The summed E-state index contributed by atoms with van der Waals surface area (Å²) in [6, 6.07) is 0.384. The smallest absolute Gasteiger partial charge is 0.0757 e. The molecule has 2 N–H and O–H groups in total. The Kier molecular flexibility index (Phi) is 4.29. The number of hydrogen-bond donors (Lipinski definition) is 1. The van der Waals surface area contributed by atoms with E-state index in [0.717, 1.165) is 19.6 Å². The number of morpholine rings is 1. The number of hydrogen-bond acceptors (Lipinski definition) is 3. The van der Waals surface area contributed by atoms with Gasteiger partial charge in [0, 0.05) is 25.7 Å². The predicted molar refractivity (Wildman–Crippen MR) is 80.2 cm³/mol. The fourth-order valence-electron chi connectivity index (χ4n) is 4.01. The molecule has 0 aromatic carbocycles. The molecule has 0 amide bonds. The Bertz CT molecular complexity index is 314. The zero-order valence-corrected chi connectivity index (χ0v) is 13.4. The van der Waals surface area contributed by atoms with Crippen molar-refractivity contribution in [2.75, 3.05) is 19.6 Å². The van der Waals surface area contributed by atoms with Crippen molar-refractivity contribution in [1.82, 2.24) is 4.90 Å². The first-order chi connectivity index (χ1) is 8.67. The fourth-order valence-corrected chi connectivity index (χ4v) is 4.01. The van der Waals surface area contributed by atoms with Crippen LogP contribution in [0.25, 0.3) is 0 Å². The highest BCUT2D eigenvalue weighted by atomic mass is 16.5. The summed E-state index contributed by atoms with van der Waals surface area (Å²) in [5, 5.41) is 0. The Balaban J connectivity index is 1.95. The van der Waals surface area contributed by atoms with E-state index in [4.69, 9.17) is 10.5 Å². The zero-order chi connectivity index (χ0) is 14.3. The summed E-state index contributed by atoms with van der Waals surface area (Å²) in [4.78, 5) is 2.57. The van der Waals surface area contributed by atoms with Crippen LogP contribution in [0, 0.1) is 11.3 Å². The van der Waals surface area contributed by atoms with E-state index in [9.17, 15) is 0 Å². The largest absolute Gasteiger partial charge is 0.370 e. The average Bonchev–Trinajstić information content (AvgIpc) is 2.20. The molecule has 0 spiro atoms. The maximum Gasteiger partial charge on any atom is 0.0757 e. The van der Waals surface area contributed by atoms with E-state index >= 15 is 0 Å². The monoisotopic (exact) mass is 268 g/mol. The maximum absolute atomic E-state index is 6.36. The summed E-state index contributed by atoms with van der Waals surface area (Å²) >= 11 is 0. The van der Waals surface area contributed by atoms with Crippen LogP contribution in [0.1, 0.15) is 53.9 Å². The Morgan fingerprint density at radius 1 is 1.26 bits per heavy atom. The van der Waals surface area contributed by atoms with Crippen molar-refractivity contribution in [2.45, 2.75) is 71.6 Å². The molecule has 1 aliphatic carbocycles. The van der Waals surface area contributed by atoms with Crippen molar-refractivity contribution in [3.05, 3.63) is 0 Å². The van der Waals surface area contributed by atoms with E-state index in [2.05, 4.69) is 39.5 Å². The van der Waals surface area contributed by atoms with Crippen molar-refractivity contribution < 1.29 is 4.74 Å². The van der Waals surface area contributed by atoms with Crippen molar-refractivity contribution in [3.63, 3.8) is 0 Å². The molecule has 0 aromatic heterocycles. The van der Waals surface area contributed by atoms with Crippen LogP contribution in [0.3, 0.4) is 0 Å². The molecular weight excluding hydrogens is 236 g/mol. The Labute approximate surface area is 118 Å². The van der Waals surface area contributed by atoms with Crippen molar-refractivity contribution in [2.24, 2.45) is 17.1 Å². The van der Waals surface area contributed by atoms with E-state index in [1.54, 1.807) is 0 Å². The molecule has 2 fully saturated rings. The minimum Gasteiger partial charge on any atom is -0.370 e. The highest BCUT2D eigenvalue weighted by molar-refractivity contribution is 4.91. The van der Waals surface area contributed by atoms with Gasteiger partial charge in [0.2, 0.25) is 0 Å². The third-order valence-corrected chi connectivity index (χ3v) is 4.71. The summed E-state index contributed by atoms with van der Waals surface area (Å²) in [7, 11) is 0. The molecule has 3 nitrogen and oxygen atoms in total. The highest BCUT2D eigenvalue weighted by Gasteiger charge is 2.37. The lowest BCUT2D eigenvalue weighted by Crippen LogP contribution is -2.55. The first kappa shape index (κ1) is 15.3. The minimum atomic E-state index is -0.0219. The quantitative estimate of drug-likeness (QED) is 0.837. The van der Waals surface area contributed by atoms with Gasteiger partial charge in [-0.05, 0) is 51.4 Å². The normalized spacial score (nSPS) is 39.2. The van der Waals surface area contributed by atoms with Gasteiger partial charge >= 0.3 is 0 Å². The third-order valence-electron chi connectivity index (χ3n) is 4.71. The molecule has 0 aromatic rings. The van der Waals surface area contributed by atoms with E-state index in [1.165, 1.54) is 19.3 Å². The highest BCUT2D eigenvalue weighted by Crippen LogP contribution is 2.38. The van der Waals surface area contributed by atoms with Crippen LogP contribution in [-0.2, 0) is 4.74 Å². The summed E-state index contributed by atoms with van der Waals surface area (Å²) in [6.07, 6.45) is 4.05. The number of nitrogens with zero attached hydrogens (tertiary/aromatic N) is 1. The van der Waals surface area contributed by atoms with Crippen molar-refractivity contribution in [3.8, 4) is 0 Å². The molecule has 3 unspecified atom stereocenters. The van der Waals surface area contributed by atoms with Crippen molar-refractivity contribution >= 4 is 0 Å². The first-order valence-corrected chi connectivity index (χ1v) is 7.83. The van der Waals surface area contributed by atoms with E-state index in [1.807, 2.05) is 0 Å². The van der Waals surface area contributed by atoms with E-state index in [0.29, 0.717) is 23.5 Å². The van der Waals surface area contributed by atoms with Gasteiger partial charge in [0.15, 0.2) is 0 Å². The first-order valence-electron chi connectivity index (χ1n) is 7.83. The fraction of sp³-hybridized carbons (Fsp3) is 1.00. The molecule has 2 aliphatic rings. The molecular formula is C16H32N2O. The topological polar surface area (TPSA) is 38.5 Å². The maximum atomic E-state index is 6.36. The third kappa shape index (κ3) is 4.17. The molecule has 19 heavy (non-hydrogen) atoms. The molecule has 2 rings (SSSR count). The predicted octanol–water partition coefficient (Wildman–Crippen LogP) is 2.64. The molecule has 1 heterocycles.